The highest BCUT2D eigenvalue weighted by Gasteiger charge is 2.32. The summed E-state index contributed by atoms with van der Waals surface area (Å²) in [6.45, 7) is 4.43. The van der Waals surface area contributed by atoms with Crippen molar-refractivity contribution >= 4 is 21.6 Å². The number of fused-ring (bicyclic) bond motifs is 2. The van der Waals surface area contributed by atoms with Crippen molar-refractivity contribution in [2.45, 2.75) is 44.2 Å². The maximum atomic E-state index is 13.1. The quantitative estimate of drug-likeness (QED) is 0.817. The fraction of sp³-hybridized carbons (Fsp3) is 0.350. The molecule has 26 heavy (non-hydrogen) atoms. The van der Waals surface area contributed by atoms with E-state index in [1.165, 1.54) is 5.56 Å². The van der Waals surface area contributed by atoms with Crippen molar-refractivity contribution in [3.05, 3.63) is 59.2 Å². The Balaban J connectivity index is 1.66. The summed E-state index contributed by atoms with van der Waals surface area (Å²) in [7, 11) is -3.55. The lowest BCUT2D eigenvalue weighted by Gasteiger charge is -2.28. The maximum absolute atomic E-state index is 13.1. The van der Waals surface area contributed by atoms with Crippen LogP contribution in [0.4, 0.5) is 5.69 Å². The van der Waals surface area contributed by atoms with E-state index in [4.69, 9.17) is 0 Å². The van der Waals surface area contributed by atoms with Crippen molar-refractivity contribution < 1.29 is 13.2 Å². The maximum Gasteiger partial charge on any atom is 0.243 e. The fourth-order valence-electron chi connectivity index (χ4n) is 4.07. The summed E-state index contributed by atoms with van der Waals surface area (Å²) in [5, 5.41) is 0. The summed E-state index contributed by atoms with van der Waals surface area (Å²) in [5.41, 5.74) is 4.04. The van der Waals surface area contributed by atoms with E-state index in [1.807, 2.05) is 25.1 Å². The second-order valence-electron chi connectivity index (χ2n) is 7.09. The van der Waals surface area contributed by atoms with Gasteiger partial charge in [0, 0.05) is 31.7 Å². The Morgan fingerprint density at radius 2 is 1.81 bits per heavy atom. The van der Waals surface area contributed by atoms with Crippen LogP contribution in [0.1, 0.15) is 30.5 Å². The minimum absolute atomic E-state index is 0.0144. The van der Waals surface area contributed by atoms with Crippen molar-refractivity contribution in [1.29, 1.82) is 0 Å². The molecule has 0 aliphatic carbocycles. The highest BCUT2D eigenvalue weighted by atomic mass is 32.2. The molecule has 0 radical (unpaired) electrons. The highest BCUT2D eigenvalue weighted by molar-refractivity contribution is 7.89. The SMILES string of the molecule is CC(=O)N1c2ccc(S(=O)(=O)N3CCc4ccccc4C3)cc2CC1C. The van der Waals surface area contributed by atoms with Gasteiger partial charge in [0.1, 0.15) is 0 Å². The molecule has 1 atom stereocenters. The van der Waals surface area contributed by atoms with E-state index in [0.717, 1.165) is 23.2 Å². The minimum atomic E-state index is -3.55. The van der Waals surface area contributed by atoms with Crippen LogP contribution in [0.25, 0.3) is 0 Å². The summed E-state index contributed by atoms with van der Waals surface area (Å²) in [5.74, 6) is -0.0144. The zero-order valence-electron chi connectivity index (χ0n) is 15.0. The number of carbonyl (C=O) groups is 1. The van der Waals surface area contributed by atoms with E-state index in [0.29, 0.717) is 24.4 Å². The molecule has 0 N–H and O–H groups in total. The van der Waals surface area contributed by atoms with E-state index >= 15 is 0 Å². The lowest BCUT2D eigenvalue weighted by atomic mass is 10.0. The predicted molar refractivity (Wildman–Crippen MR) is 101 cm³/mol. The van der Waals surface area contributed by atoms with Gasteiger partial charge in [0.2, 0.25) is 15.9 Å². The van der Waals surface area contributed by atoms with Crippen molar-refractivity contribution in [1.82, 2.24) is 4.31 Å². The summed E-state index contributed by atoms with van der Waals surface area (Å²) in [6, 6.07) is 13.2. The predicted octanol–water partition coefficient (Wildman–Crippen LogP) is 2.73. The first-order chi connectivity index (χ1) is 12.4. The van der Waals surface area contributed by atoms with Gasteiger partial charge in [0.15, 0.2) is 0 Å². The van der Waals surface area contributed by atoms with E-state index in [-0.39, 0.29) is 11.9 Å². The number of amides is 1. The second-order valence-corrected chi connectivity index (χ2v) is 9.03. The highest BCUT2D eigenvalue weighted by Crippen LogP contribution is 2.35. The van der Waals surface area contributed by atoms with Gasteiger partial charge in [-0.05, 0) is 54.7 Å². The van der Waals surface area contributed by atoms with E-state index < -0.39 is 10.0 Å². The summed E-state index contributed by atoms with van der Waals surface area (Å²) < 4.78 is 27.8. The summed E-state index contributed by atoms with van der Waals surface area (Å²) in [6.07, 6.45) is 1.41. The first kappa shape index (κ1) is 17.2. The third kappa shape index (κ3) is 2.73. The molecular weight excluding hydrogens is 348 g/mol. The van der Waals surface area contributed by atoms with Gasteiger partial charge in [-0.15, -0.1) is 0 Å². The van der Waals surface area contributed by atoms with Gasteiger partial charge in [-0.1, -0.05) is 24.3 Å². The van der Waals surface area contributed by atoms with Gasteiger partial charge in [0.05, 0.1) is 4.90 Å². The number of rotatable bonds is 2. The molecule has 2 heterocycles. The van der Waals surface area contributed by atoms with Crippen LogP contribution in [0.5, 0.6) is 0 Å². The van der Waals surface area contributed by atoms with E-state index in [1.54, 1.807) is 34.3 Å². The van der Waals surface area contributed by atoms with Gasteiger partial charge < -0.3 is 4.90 Å². The molecule has 0 saturated heterocycles. The Labute approximate surface area is 154 Å². The topological polar surface area (TPSA) is 57.7 Å². The zero-order valence-corrected chi connectivity index (χ0v) is 15.8. The van der Waals surface area contributed by atoms with Crippen molar-refractivity contribution in [3.8, 4) is 0 Å². The van der Waals surface area contributed by atoms with Crippen molar-refractivity contribution in [2.75, 3.05) is 11.4 Å². The number of carbonyl (C=O) groups excluding carboxylic acids is 1. The molecule has 2 aliphatic heterocycles. The molecule has 1 amide bonds. The number of hydrogen-bond donors (Lipinski definition) is 0. The molecule has 2 aliphatic rings. The van der Waals surface area contributed by atoms with Crippen LogP contribution in [-0.4, -0.2) is 31.2 Å². The molecule has 0 saturated carbocycles. The van der Waals surface area contributed by atoms with Gasteiger partial charge in [-0.25, -0.2) is 8.42 Å². The third-order valence-electron chi connectivity index (χ3n) is 5.34. The third-order valence-corrected chi connectivity index (χ3v) is 7.18. The normalized spacial score (nSPS) is 19.9. The molecule has 0 spiro atoms. The molecule has 6 heteroatoms. The number of hydrogen-bond acceptors (Lipinski definition) is 3. The zero-order chi connectivity index (χ0) is 18.5. The van der Waals surface area contributed by atoms with Crippen LogP contribution in [0.15, 0.2) is 47.4 Å². The van der Waals surface area contributed by atoms with E-state index in [2.05, 4.69) is 6.07 Å². The average Bonchev–Trinajstić information content (AvgIpc) is 2.96. The van der Waals surface area contributed by atoms with Crippen LogP contribution < -0.4 is 4.90 Å². The molecular formula is C20H22N2O3S. The molecule has 0 bridgehead atoms. The lowest BCUT2D eigenvalue weighted by molar-refractivity contribution is -0.116. The van der Waals surface area contributed by atoms with Crippen molar-refractivity contribution in [2.24, 2.45) is 0 Å². The average molecular weight is 370 g/mol. The largest absolute Gasteiger partial charge is 0.309 e. The van der Waals surface area contributed by atoms with E-state index in [9.17, 15) is 13.2 Å². The minimum Gasteiger partial charge on any atom is -0.309 e. The smallest absolute Gasteiger partial charge is 0.243 e. The summed E-state index contributed by atoms with van der Waals surface area (Å²) >= 11 is 0. The molecule has 0 fully saturated rings. The van der Waals surface area contributed by atoms with Crippen LogP contribution in [0.3, 0.4) is 0 Å². The van der Waals surface area contributed by atoms with Crippen molar-refractivity contribution in [3.63, 3.8) is 0 Å². The number of nitrogens with zero attached hydrogens (tertiary/aromatic N) is 2. The van der Waals surface area contributed by atoms with Gasteiger partial charge in [-0.3, -0.25) is 4.79 Å². The van der Waals surface area contributed by atoms with Crippen LogP contribution >= 0.6 is 0 Å². The summed E-state index contributed by atoms with van der Waals surface area (Å²) in [4.78, 5) is 13.9. The fourth-order valence-corrected chi connectivity index (χ4v) is 5.54. The first-order valence-corrected chi connectivity index (χ1v) is 10.3. The van der Waals surface area contributed by atoms with Gasteiger partial charge in [0.25, 0.3) is 0 Å². The molecule has 2 aromatic carbocycles. The monoisotopic (exact) mass is 370 g/mol. The van der Waals surface area contributed by atoms with Crippen LogP contribution in [-0.2, 0) is 34.2 Å². The Morgan fingerprint density at radius 1 is 1.08 bits per heavy atom. The molecule has 4 rings (SSSR count). The van der Waals surface area contributed by atoms with Gasteiger partial charge in [-0.2, -0.15) is 4.31 Å². The molecule has 0 aromatic heterocycles. The molecule has 2 aromatic rings. The van der Waals surface area contributed by atoms with Gasteiger partial charge >= 0.3 is 0 Å². The lowest BCUT2D eigenvalue weighted by Crippen LogP contribution is -2.36. The van der Waals surface area contributed by atoms with Crippen LogP contribution in [0, 0.1) is 0 Å². The standard InChI is InChI=1S/C20H22N2O3S/c1-14-11-18-12-19(7-8-20(18)22(14)15(2)23)26(24,25)21-10-9-16-5-3-4-6-17(16)13-21/h3-8,12,14H,9-11,13H2,1-2H3. The Kier molecular flexibility index (Phi) is 4.12. The Hall–Kier alpha value is -2.18. The first-order valence-electron chi connectivity index (χ1n) is 8.87. The molecule has 1 unspecified atom stereocenters. The number of benzene rings is 2. The van der Waals surface area contributed by atoms with Crippen LogP contribution in [0.2, 0.25) is 0 Å². The Morgan fingerprint density at radius 3 is 2.54 bits per heavy atom. The second kappa shape index (κ2) is 6.21. The number of anilines is 1. The molecule has 136 valence electrons. The molecule has 5 nitrogen and oxygen atoms in total. The Bertz CT molecular complexity index is 984. The number of sulfonamides is 1.